The average Bonchev–Trinajstić information content (AvgIpc) is 3.26. The summed E-state index contributed by atoms with van der Waals surface area (Å²) in [5.74, 6) is -0.205. The van der Waals surface area contributed by atoms with Crippen molar-refractivity contribution in [2.45, 2.75) is 20.8 Å². The number of amides is 1. The number of carbonyl (C=O) groups is 2. The van der Waals surface area contributed by atoms with Crippen molar-refractivity contribution in [2.75, 3.05) is 18.5 Å². The molecule has 1 aromatic heterocycles. The molecule has 0 radical (unpaired) electrons. The monoisotopic (exact) mass is 485 g/mol. The molecule has 0 bridgehead atoms. The molecule has 4 rings (SSSR count). The fraction of sp³-hybridized carbons (Fsp3) is 0.172. The number of ether oxygens (including phenoxy) is 2. The molecule has 4 aromatic rings. The molecule has 0 atom stereocenters. The van der Waals surface area contributed by atoms with Gasteiger partial charge in [-0.15, -0.1) is 11.3 Å². The van der Waals surface area contributed by atoms with Crippen molar-refractivity contribution in [3.05, 3.63) is 94.9 Å². The molecule has 0 saturated heterocycles. The van der Waals surface area contributed by atoms with Crippen molar-refractivity contribution >= 4 is 28.2 Å². The Bertz CT molecular complexity index is 1340. The van der Waals surface area contributed by atoms with Crippen molar-refractivity contribution in [2.24, 2.45) is 0 Å². The molecular formula is C29H27NO4S. The van der Waals surface area contributed by atoms with E-state index in [4.69, 9.17) is 9.47 Å². The number of thiophene rings is 1. The minimum Gasteiger partial charge on any atom is -0.483 e. The van der Waals surface area contributed by atoms with Crippen LogP contribution >= 0.6 is 11.3 Å². The standard InChI is InChI=1S/C29H27NO4S/c1-4-33-29(32)27-24(22-15-14-19(2)16-20(22)3)18-35-28(27)30-26(31)17-34-25-13-9-8-12-23(25)21-10-6-5-7-11-21/h5-16,18H,4,17H2,1-3H3,(H,30,31). The summed E-state index contributed by atoms with van der Waals surface area (Å²) in [7, 11) is 0. The lowest BCUT2D eigenvalue weighted by atomic mass is 9.97. The first-order valence-corrected chi connectivity index (χ1v) is 12.3. The van der Waals surface area contributed by atoms with Gasteiger partial charge in [0, 0.05) is 16.5 Å². The van der Waals surface area contributed by atoms with Crippen LogP contribution in [0.3, 0.4) is 0 Å². The molecule has 35 heavy (non-hydrogen) atoms. The lowest BCUT2D eigenvalue weighted by molar-refractivity contribution is -0.118. The van der Waals surface area contributed by atoms with E-state index < -0.39 is 5.97 Å². The molecule has 178 valence electrons. The van der Waals surface area contributed by atoms with Gasteiger partial charge in [0.25, 0.3) is 5.91 Å². The maximum absolute atomic E-state index is 12.9. The van der Waals surface area contributed by atoms with Gasteiger partial charge in [-0.1, -0.05) is 72.3 Å². The summed E-state index contributed by atoms with van der Waals surface area (Å²) in [4.78, 5) is 25.7. The second kappa shape index (κ2) is 11.0. The van der Waals surface area contributed by atoms with E-state index in [1.807, 2.05) is 86.0 Å². The number of carbonyl (C=O) groups excluding carboxylic acids is 2. The number of para-hydroxylation sites is 1. The van der Waals surface area contributed by atoms with E-state index in [0.29, 0.717) is 16.3 Å². The normalized spacial score (nSPS) is 10.6. The highest BCUT2D eigenvalue weighted by Gasteiger charge is 2.24. The molecule has 0 aliphatic carbocycles. The average molecular weight is 486 g/mol. The summed E-state index contributed by atoms with van der Waals surface area (Å²) >= 11 is 1.30. The third kappa shape index (κ3) is 5.61. The Labute approximate surface area is 209 Å². The molecule has 0 unspecified atom stereocenters. The molecular weight excluding hydrogens is 458 g/mol. The first-order valence-electron chi connectivity index (χ1n) is 11.4. The summed E-state index contributed by atoms with van der Waals surface area (Å²) in [6.45, 7) is 5.84. The first kappa shape index (κ1) is 24.2. The van der Waals surface area contributed by atoms with Crippen molar-refractivity contribution in [1.82, 2.24) is 0 Å². The largest absolute Gasteiger partial charge is 0.483 e. The van der Waals surface area contributed by atoms with Crippen LogP contribution in [0, 0.1) is 13.8 Å². The lowest BCUT2D eigenvalue weighted by Gasteiger charge is -2.13. The maximum Gasteiger partial charge on any atom is 0.341 e. The predicted molar refractivity (Wildman–Crippen MR) is 141 cm³/mol. The summed E-state index contributed by atoms with van der Waals surface area (Å²) in [5.41, 5.74) is 6.14. The Morgan fingerprint density at radius 1 is 0.886 bits per heavy atom. The number of anilines is 1. The first-order chi connectivity index (χ1) is 17.0. The Balaban J connectivity index is 1.55. The Hall–Kier alpha value is -3.90. The smallest absolute Gasteiger partial charge is 0.341 e. The van der Waals surface area contributed by atoms with E-state index in [1.54, 1.807) is 6.92 Å². The highest BCUT2D eigenvalue weighted by molar-refractivity contribution is 7.15. The molecule has 6 heteroatoms. The van der Waals surface area contributed by atoms with Crippen LogP contribution in [0.25, 0.3) is 22.3 Å². The van der Waals surface area contributed by atoms with E-state index in [-0.39, 0.29) is 19.1 Å². The zero-order valence-corrected chi connectivity index (χ0v) is 20.8. The van der Waals surface area contributed by atoms with Crippen molar-refractivity contribution in [3.63, 3.8) is 0 Å². The van der Waals surface area contributed by atoms with Crippen molar-refractivity contribution in [3.8, 4) is 28.0 Å². The van der Waals surface area contributed by atoms with Gasteiger partial charge in [-0.3, -0.25) is 4.79 Å². The molecule has 0 fully saturated rings. The fourth-order valence-electron chi connectivity index (χ4n) is 3.92. The van der Waals surface area contributed by atoms with Gasteiger partial charge in [0.1, 0.15) is 16.3 Å². The van der Waals surface area contributed by atoms with Crippen LogP contribution in [-0.2, 0) is 9.53 Å². The maximum atomic E-state index is 12.9. The molecule has 1 heterocycles. The van der Waals surface area contributed by atoms with E-state index in [9.17, 15) is 9.59 Å². The van der Waals surface area contributed by atoms with Crippen LogP contribution in [0.4, 0.5) is 5.00 Å². The minimum atomic E-state index is -0.464. The predicted octanol–water partition coefficient (Wildman–Crippen LogP) is 6.89. The second-order valence-corrected chi connectivity index (χ2v) is 8.97. The number of rotatable bonds is 8. The summed E-state index contributed by atoms with van der Waals surface area (Å²) in [5, 5.41) is 5.18. The van der Waals surface area contributed by atoms with Gasteiger partial charge in [-0.25, -0.2) is 4.79 Å². The van der Waals surface area contributed by atoms with Gasteiger partial charge >= 0.3 is 5.97 Å². The Kier molecular flexibility index (Phi) is 7.63. The molecule has 5 nitrogen and oxygen atoms in total. The van der Waals surface area contributed by atoms with Crippen LogP contribution in [0.5, 0.6) is 5.75 Å². The molecule has 0 aliphatic rings. The molecule has 0 spiro atoms. The summed E-state index contributed by atoms with van der Waals surface area (Å²) in [6.07, 6.45) is 0. The van der Waals surface area contributed by atoms with Gasteiger partial charge in [0.2, 0.25) is 0 Å². The van der Waals surface area contributed by atoms with E-state index in [0.717, 1.165) is 33.4 Å². The third-order valence-electron chi connectivity index (χ3n) is 5.53. The van der Waals surface area contributed by atoms with Crippen LogP contribution in [-0.4, -0.2) is 25.1 Å². The highest BCUT2D eigenvalue weighted by Crippen LogP contribution is 2.38. The molecule has 3 aromatic carbocycles. The van der Waals surface area contributed by atoms with E-state index >= 15 is 0 Å². The zero-order valence-electron chi connectivity index (χ0n) is 20.0. The number of aryl methyl sites for hydroxylation is 2. The van der Waals surface area contributed by atoms with Crippen LogP contribution in [0.15, 0.2) is 78.2 Å². The topological polar surface area (TPSA) is 64.6 Å². The SMILES string of the molecule is CCOC(=O)c1c(-c2ccc(C)cc2C)csc1NC(=O)COc1ccccc1-c1ccccc1. The van der Waals surface area contributed by atoms with Crippen LogP contribution < -0.4 is 10.1 Å². The molecule has 0 aliphatic heterocycles. The summed E-state index contributed by atoms with van der Waals surface area (Å²) < 4.78 is 11.2. The van der Waals surface area contributed by atoms with E-state index in [2.05, 4.69) is 11.4 Å². The van der Waals surface area contributed by atoms with Gasteiger partial charge in [-0.05, 0) is 43.5 Å². The zero-order chi connectivity index (χ0) is 24.8. The summed E-state index contributed by atoms with van der Waals surface area (Å²) in [6, 6.07) is 23.5. The molecule has 1 amide bonds. The number of hydrogen-bond donors (Lipinski definition) is 1. The molecule has 1 N–H and O–H groups in total. The minimum absolute atomic E-state index is 0.192. The lowest BCUT2D eigenvalue weighted by Crippen LogP contribution is -2.21. The fourth-order valence-corrected chi connectivity index (χ4v) is 4.89. The number of esters is 1. The van der Waals surface area contributed by atoms with Crippen molar-refractivity contribution in [1.29, 1.82) is 0 Å². The van der Waals surface area contributed by atoms with Crippen LogP contribution in [0.2, 0.25) is 0 Å². The third-order valence-corrected chi connectivity index (χ3v) is 6.42. The van der Waals surface area contributed by atoms with Crippen molar-refractivity contribution < 1.29 is 19.1 Å². The number of nitrogens with one attached hydrogen (secondary N) is 1. The van der Waals surface area contributed by atoms with Gasteiger partial charge in [0.15, 0.2) is 6.61 Å². The number of hydrogen-bond acceptors (Lipinski definition) is 5. The molecule has 0 saturated carbocycles. The second-order valence-electron chi connectivity index (χ2n) is 8.09. The van der Waals surface area contributed by atoms with Crippen LogP contribution in [0.1, 0.15) is 28.4 Å². The van der Waals surface area contributed by atoms with Gasteiger partial charge < -0.3 is 14.8 Å². The Morgan fingerprint density at radius 2 is 1.63 bits per heavy atom. The van der Waals surface area contributed by atoms with Gasteiger partial charge in [-0.2, -0.15) is 0 Å². The number of benzene rings is 3. The Morgan fingerprint density at radius 3 is 2.37 bits per heavy atom. The van der Waals surface area contributed by atoms with E-state index in [1.165, 1.54) is 11.3 Å². The van der Waals surface area contributed by atoms with Gasteiger partial charge in [0.05, 0.1) is 6.61 Å². The quantitative estimate of drug-likeness (QED) is 0.276. The highest BCUT2D eigenvalue weighted by atomic mass is 32.1.